The number of hydrogen-bond acceptors (Lipinski definition) is 3. The van der Waals surface area contributed by atoms with E-state index in [1.165, 1.54) is 0 Å². The van der Waals surface area contributed by atoms with E-state index in [1.807, 2.05) is 30.3 Å². The normalized spacial score (nSPS) is 9.96. The summed E-state index contributed by atoms with van der Waals surface area (Å²) in [7, 11) is 0. The monoisotopic (exact) mass is 339 g/mol. The van der Waals surface area contributed by atoms with Gasteiger partial charge < -0.3 is 16.0 Å². The number of anilines is 2. The van der Waals surface area contributed by atoms with Gasteiger partial charge in [0.25, 0.3) is 0 Å². The molecule has 0 atom stereocenters. The Kier molecular flexibility index (Phi) is 6.71. The van der Waals surface area contributed by atoms with Crippen molar-refractivity contribution < 1.29 is 14.4 Å². The molecule has 0 aliphatic heterocycles. The molecule has 0 saturated heterocycles. The van der Waals surface area contributed by atoms with Crippen molar-refractivity contribution in [1.29, 1.82) is 0 Å². The van der Waals surface area contributed by atoms with Crippen molar-refractivity contribution in [2.24, 2.45) is 0 Å². The SMILES string of the molecule is CCC(=O)Nc1cccc(NC(=O)CNC(=O)Cc2ccccc2)c1. The van der Waals surface area contributed by atoms with Crippen molar-refractivity contribution in [2.45, 2.75) is 19.8 Å². The first-order chi connectivity index (χ1) is 12.1. The number of carbonyl (C=O) groups excluding carboxylic acids is 3. The van der Waals surface area contributed by atoms with Gasteiger partial charge in [0, 0.05) is 17.8 Å². The van der Waals surface area contributed by atoms with Crippen molar-refractivity contribution in [3.8, 4) is 0 Å². The summed E-state index contributed by atoms with van der Waals surface area (Å²) < 4.78 is 0. The maximum atomic E-state index is 11.9. The summed E-state index contributed by atoms with van der Waals surface area (Å²) in [4.78, 5) is 35.2. The van der Waals surface area contributed by atoms with Gasteiger partial charge in [0.1, 0.15) is 0 Å². The summed E-state index contributed by atoms with van der Waals surface area (Å²) in [5, 5.41) is 8.00. The van der Waals surface area contributed by atoms with Gasteiger partial charge in [-0.1, -0.05) is 43.3 Å². The topological polar surface area (TPSA) is 87.3 Å². The van der Waals surface area contributed by atoms with E-state index in [-0.39, 0.29) is 30.7 Å². The van der Waals surface area contributed by atoms with Crippen LogP contribution in [0.2, 0.25) is 0 Å². The number of nitrogens with one attached hydrogen (secondary N) is 3. The Balaban J connectivity index is 1.81. The zero-order chi connectivity index (χ0) is 18.1. The minimum atomic E-state index is -0.333. The highest BCUT2D eigenvalue weighted by atomic mass is 16.2. The highest BCUT2D eigenvalue weighted by Gasteiger charge is 2.07. The average molecular weight is 339 g/mol. The van der Waals surface area contributed by atoms with Crippen LogP contribution in [0.1, 0.15) is 18.9 Å². The Morgan fingerprint density at radius 2 is 1.44 bits per heavy atom. The molecule has 0 aliphatic carbocycles. The number of hydrogen-bond donors (Lipinski definition) is 3. The maximum absolute atomic E-state index is 11.9. The first-order valence-electron chi connectivity index (χ1n) is 8.07. The largest absolute Gasteiger partial charge is 0.347 e. The lowest BCUT2D eigenvalue weighted by Crippen LogP contribution is -2.33. The van der Waals surface area contributed by atoms with Gasteiger partial charge >= 0.3 is 0 Å². The van der Waals surface area contributed by atoms with E-state index in [0.717, 1.165) is 5.56 Å². The number of rotatable bonds is 7. The lowest BCUT2D eigenvalue weighted by molar-refractivity contribution is -0.123. The Morgan fingerprint density at radius 1 is 0.800 bits per heavy atom. The molecule has 2 rings (SSSR count). The van der Waals surface area contributed by atoms with Crippen LogP contribution in [0.25, 0.3) is 0 Å². The van der Waals surface area contributed by atoms with Crippen molar-refractivity contribution in [1.82, 2.24) is 5.32 Å². The molecule has 25 heavy (non-hydrogen) atoms. The van der Waals surface area contributed by atoms with Gasteiger partial charge in [0.2, 0.25) is 17.7 Å². The van der Waals surface area contributed by atoms with E-state index < -0.39 is 0 Å². The fraction of sp³-hybridized carbons (Fsp3) is 0.211. The molecule has 0 radical (unpaired) electrons. The number of amides is 3. The van der Waals surface area contributed by atoms with Crippen LogP contribution in [-0.2, 0) is 20.8 Å². The quantitative estimate of drug-likeness (QED) is 0.723. The Morgan fingerprint density at radius 3 is 2.08 bits per heavy atom. The van der Waals surface area contributed by atoms with Gasteiger partial charge in [-0.15, -0.1) is 0 Å². The summed E-state index contributed by atoms with van der Waals surface area (Å²) >= 11 is 0. The molecular weight excluding hydrogens is 318 g/mol. The predicted molar refractivity (Wildman–Crippen MR) is 97.1 cm³/mol. The summed E-state index contributed by atoms with van der Waals surface area (Å²) in [5.41, 5.74) is 2.05. The van der Waals surface area contributed by atoms with Crippen molar-refractivity contribution >= 4 is 29.1 Å². The molecule has 0 bridgehead atoms. The predicted octanol–water partition coefficient (Wildman–Crippen LogP) is 2.33. The lowest BCUT2D eigenvalue weighted by atomic mass is 10.1. The highest BCUT2D eigenvalue weighted by molar-refractivity contribution is 5.96. The molecule has 0 fully saturated rings. The zero-order valence-corrected chi connectivity index (χ0v) is 14.0. The van der Waals surface area contributed by atoms with E-state index in [1.54, 1.807) is 31.2 Å². The van der Waals surface area contributed by atoms with Crippen LogP contribution < -0.4 is 16.0 Å². The van der Waals surface area contributed by atoms with E-state index in [9.17, 15) is 14.4 Å². The van der Waals surface area contributed by atoms with Crippen molar-refractivity contribution in [2.75, 3.05) is 17.2 Å². The molecule has 2 aromatic carbocycles. The van der Waals surface area contributed by atoms with E-state index >= 15 is 0 Å². The Labute approximate surface area is 146 Å². The zero-order valence-electron chi connectivity index (χ0n) is 14.0. The second kappa shape index (κ2) is 9.22. The van der Waals surface area contributed by atoms with Crippen molar-refractivity contribution in [3.05, 3.63) is 60.2 Å². The Bertz CT molecular complexity index is 745. The first kappa shape index (κ1) is 18.2. The van der Waals surface area contributed by atoms with Crippen LogP contribution in [0.15, 0.2) is 54.6 Å². The average Bonchev–Trinajstić information content (AvgIpc) is 2.61. The minimum Gasteiger partial charge on any atom is -0.347 e. The molecule has 0 spiro atoms. The summed E-state index contributed by atoms with van der Waals surface area (Å²) in [5.74, 6) is -0.651. The fourth-order valence-electron chi connectivity index (χ4n) is 2.15. The van der Waals surface area contributed by atoms with E-state index in [0.29, 0.717) is 17.8 Å². The Hall–Kier alpha value is -3.15. The van der Waals surface area contributed by atoms with E-state index in [2.05, 4.69) is 16.0 Å². The van der Waals surface area contributed by atoms with Crippen molar-refractivity contribution in [3.63, 3.8) is 0 Å². The highest BCUT2D eigenvalue weighted by Crippen LogP contribution is 2.15. The maximum Gasteiger partial charge on any atom is 0.243 e. The van der Waals surface area contributed by atoms with Gasteiger partial charge in [0.15, 0.2) is 0 Å². The van der Waals surface area contributed by atoms with Crippen LogP contribution in [-0.4, -0.2) is 24.3 Å². The molecule has 0 aliphatic rings. The molecule has 2 aromatic rings. The summed E-state index contributed by atoms with van der Waals surface area (Å²) in [6, 6.07) is 16.2. The molecule has 0 saturated carbocycles. The minimum absolute atomic E-state index is 0.100. The smallest absolute Gasteiger partial charge is 0.243 e. The third kappa shape index (κ3) is 6.47. The fourth-order valence-corrected chi connectivity index (χ4v) is 2.15. The molecule has 0 aromatic heterocycles. The molecule has 6 nitrogen and oxygen atoms in total. The van der Waals surface area contributed by atoms with Crippen LogP contribution in [0.5, 0.6) is 0 Å². The van der Waals surface area contributed by atoms with E-state index in [4.69, 9.17) is 0 Å². The molecule has 0 unspecified atom stereocenters. The molecule has 6 heteroatoms. The molecule has 3 amide bonds. The van der Waals surface area contributed by atoms with Crippen LogP contribution in [0.3, 0.4) is 0 Å². The number of carbonyl (C=O) groups is 3. The molecular formula is C19H21N3O3. The van der Waals surface area contributed by atoms with Crippen LogP contribution >= 0.6 is 0 Å². The molecule has 3 N–H and O–H groups in total. The van der Waals surface area contributed by atoms with Gasteiger partial charge in [-0.3, -0.25) is 14.4 Å². The second-order valence-corrected chi connectivity index (χ2v) is 5.47. The lowest BCUT2D eigenvalue weighted by Gasteiger charge is -2.09. The first-order valence-corrected chi connectivity index (χ1v) is 8.07. The van der Waals surface area contributed by atoms with Gasteiger partial charge in [-0.05, 0) is 23.8 Å². The van der Waals surface area contributed by atoms with Crippen LogP contribution in [0.4, 0.5) is 11.4 Å². The van der Waals surface area contributed by atoms with Crippen LogP contribution in [0, 0.1) is 0 Å². The van der Waals surface area contributed by atoms with Gasteiger partial charge in [-0.2, -0.15) is 0 Å². The number of benzene rings is 2. The third-order valence-corrected chi connectivity index (χ3v) is 3.40. The molecule has 0 heterocycles. The van der Waals surface area contributed by atoms with Gasteiger partial charge in [-0.25, -0.2) is 0 Å². The van der Waals surface area contributed by atoms with Gasteiger partial charge in [0.05, 0.1) is 13.0 Å². The molecule has 130 valence electrons. The second-order valence-electron chi connectivity index (χ2n) is 5.47. The standard InChI is InChI=1S/C19H21N3O3/c1-2-17(23)21-15-9-6-10-16(12-15)22-19(25)13-20-18(24)11-14-7-4-3-5-8-14/h3-10,12H,2,11,13H2,1H3,(H,20,24)(H,21,23)(H,22,25). The summed E-state index contributed by atoms with van der Waals surface area (Å²) in [6.07, 6.45) is 0.608. The summed E-state index contributed by atoms with van der Waals surface area (Å²) in [6.45, 7) is 1.65. The third-order valence-electron chi connectivity index (χ3n) is 3.40.